The largest absolute Gasteiger partial charge is 0.386 e. The second kappa shape index (κ2) is 5.14. The highest BCUT2D eigenvalue weighted by atomic mass is 32.2. The van der Waals surface area contributed by atoms with Gasteiger partial charge in [0.1, 0.15) is 5.84 Å². The number of hydrogen-bond acceptors (Lipinski definition) is 3. The molecule has 5 nitrogen and oxygen atoms in total. The highest BCUT2D eigenvalue weighted by Crippen LogP contribution is 2.28. The zero-order valence-electron chi connectivity index (χ0n) is 9.75. The summed E-state index contributed by atoms with van der Waals surface area (Å²) in [4.78, 5) is 0. The van der Waals surface area contributed by atoms with Gasteiger partial charge in [-0.25, -0.2) is 13.1 Å². The van der Waals surface area contributed by atoms with Gasteiger partial charge in [0.2, 0.25) is 10.0 Å². The third-order valence-electron chi connectivity index (χ3n) is 3.05. The normalized spacial score (nSPS) is 20.6. The van der Waals surface area contributed by atoms with Crippen LogP contribution in [-0.4, -0.2) is 25.5 Å². The molecule has 0 radical (unpaired) electrons. The zero-order valence-corrected chi connectivity index (χ0v) is 10.6. The van der Waals surface area contributed by atoms with E-state index in [1.807, 2.05) is 6.92 Å². The predicted octanol–water partition coefficient (Wildman–Crippen LogP) is 0.955. The molecule has 0 aromatic rings. The Bertz CT molecular complexity index is 345. The molecule has 0 heterocycles. The molecule has 16 heavy (non-hydrogen) atoms. The van der Waals surface area contributed by atoms with Crippen molar-refractivity contribution in [2.75, 3.05) is 5.75 Å². The van der Waals surface area contributed by atoms with E-state index in [0.717, 1.165) is 19.3 Å². The van der Waals surface area contributed by atoms with Gasteiger partial charge in [-0.3, -0.25) is 5.41 Å². The van der Waals surface area contributed by atoms with Crippen LogP contribution >= 0.6 is 0 Å². The summed E-state index contributed by atoms with van der Waals surface area (Å²) in [6.07, 6.45) is 4.80. The Morgan fingerprint density at radius 1 is 1.38 bits per heavy atom. The molecule has 1 fully saturated rings. The molecule has 1 saturated carbocycles. The first kappa shape index (κ1) is 13.4. The molecule has 1 rings (SSSR count). The number of hydrogen-bond donors (Lipinski definition) is 3. The lowest BCUT2D eigenvalue weighted by Crippen LogP contribution is -2.58. The highest BCUT2D eigenvalue weighted by molar-refractivity contribution is 7.89. The molecule has 0 amide bonds. The van der Waals surface area contributed by atoms with Crippen molar-refractivity contribution in [2.45, 2.75) is 51.0 Å². The summed E-state index contributed by atoms with van der Waals surface area (Å²) < 4.78 is 26.1. The quantitative estimate of drug-likeness (QED) is 0.498. The van der Waals surface area contributed by atoms with E-state index in [4.69, 9.17) is 11.1 Å². The van der Waals surface area contributed by atoms with E-state index in [9.17, 15) is 8.42 Å². The molecule has 0 spiro atoms. The monoisotopic (exact) mass is 247 g/mol. The van der Waals surface area contributed by atoms with Gasteiger partial charge in [0.15, 0.2) is 0 Å². The van der Waals surface area contributed by atoms with Crippen molar-refractivity contribution in [3.63, 3.8) is 0 Å². The van der Waals surface area contributed by atoms with Crippen LogP contribution in [0.15, 0.2) is 0 Å². The minimum absolute atomic E-state index is 0.0492. The summed E-state index contributed by atoms with van der Waals surface area (Å²) in [5.41, 5.74) is 4.75. The van der Waals surface area contributed by atoms with Gasteiger partial charge in [-0.2, -0.15) is 0 Å². The fourth-order valence-electron chi connectivity index (χ4n) is 2.20. The molecule has 4 N–H and O–H groups in total. The maximum absolute atomic E-state index is 11.7. The Morgan fingerprint density at radius 3 is 2.38 bits per heavy atom. The van der Waals surface area contributed by atoms with Gasteiger partial charge in [-0.1, -0.05) is 26.2 Å². The lowest BCUT2D eigenvalue weighted by Gasteiger charge is -2.36. The summed E-state index contributed by atoms with van der Waals surface area (Å²) in [6.45, 7) is 1.82. The summed E-state index contributed by atoms with van der Waals surface area (Å²) in [5, 5.41) is 7.60. The van der Waals surface area contributed by atoms with Gasteiger partial charge in [0.25, 0.3) is 0 Å². The number of sulfonamides is 1. The third-order valence-corrected chi connectivity index (χ3v) is 4.69. The van der Waals surface area contributed by atoms with Crippen molar-refractivity contribution in [1.29, 1.82) is 5.41 Å². The summed E-state index contributed by atoms with van der Waals surface area (Å²) in [6, 6.07) is 0. The summed E-state index contributed by atoms with van der Waals surface area (Å²) >= 11 is 0. The molecule has 0 aromatic heterocycles. The van der Waals surface area contributed by atoms with Crippen molar-refractivity contribution in [1.82, 2.24) is 4.72 Å². The SMILES string of the molecule is CCCS(=O)(=O)NC1(C(=N)N)CCCCC1. The average Bonchev–Trinajstić information content (AvgIpc) is 2.17. The van der Waals surface area contributed by atoms with E-state index in [-0.39, 0.29) is 11.6 Å². The maximum Gasteiger partial charge on any atom is 0.212 e. The Balaban J connectivity index is 2.83. The van der Waals surface area contributed by atoms with Crippen LogP contribution in [0.25, 0.3) is 0 Å². The van der Waals surface area contributed by atoms with Crippen molar-refractivity contribution in [2.24, 2.45) is 5.73 Å². The van der Waals surface area contributed by atoms with Gasteiger partial charge in [0, 0.05) is 0 Å². The van der Waals surface area contributed by atoms with Crippen LogP contribution in [0.1, 0.15) is 45.4 Å². The fourth-order valence-corrected chi connectivity index (χ4v) is 3.75. The third kappa shape index (κ3) is 3.18. The van der Waals surface area contributed by atoms with E-state index >= 15 is 0 Å². The van der Waals surface area contributed by atoms with E-state index in [1.54, 1.807) is 0 Å². The van der Waals surface area contributed by atoms with Crippen LogP contribution < -0.4 is 10.5 Å². The van der Waals surface area contributed by atoms with E-state index < -0.39 is 15.6 Å². The lowest BCUT2D eigenvalue weighted by molar-refractivity contribution is 0.348. The Labute approximate surface area is 97.4 Å². The number of nitrogens with two attached hydrogens (primary N) is 1. The van der Waals surface area contributed by atoms with Crippen molar-refractivity contribution in [3.05, 3.63) is 0 Å². The minimum Gasteiger partial charge on any atom is -0.386 e. The first-order valence-electron chi connectivity index (χ1n) is 5.78. The predicted molar refractivity (Wildman–Crippen MR) is 64.9 cm³/mol. The molecule has 0 saturated heterocycles. The molecule has 0 aromatic carbocycles. The van der Waals surface area contributed by atoms with Crippen LogP contribution in [-0.2, 0) is 10.0 Å². The maximum atomic E-state index is 11.7. The second-order valence-corrected chi connectivity index (χ2v) is 6.32. The molecule has 0 unspecified atom stereocenters. The molecule has 6 heteroatoms. The minimum atomic E-state index is -3.31. The van der Waals surface area contributed by atoms with Gasteiger partial charge in [-0.15, -0.1) is 0 Å². The van der Waals surface area contributed by atoms with Gasteiger partial charge in [0.05, 0.1) is 11.3 Å². The topological polar surface area (TPSA) is 96.0 Å². The first-order chi connectivity index (χ1) is 7.42. The lowest BCUT2D eigenvalue weighted by atomic mass is 9.82. The van der Waals surface area contributed by atoms with Crippen LogP contribution in [0.4, 0.5) is 0 Å². The molecular formula is C10H21N3O2S. The fraction of sp³-hybridized carbons (Fsp3) is 0.900. The summed E-state index contributed by atoms with van der Waals surface area (Å²) in [5.74, 6) is 0.0500. The molecule has 0 bridgehead atoms. The smallest absolute Gasteiger partial charge is 0.212 e. The van der Waals surface area contributed by atoms with Crippen molar-refractivity contribution < 1.29 is 8.42 Å². The van der Waals surface area contributed by atoms with E-state index in [2.05, 4.69) is 4.72 Å². The van der Waals surface area contributed by atoms with Crippen LogP contribution in [0.2, 0.25) is 0 Å². The highest BCUT2D eigenvalue weighted by Gasteiger charge is 2.38. The van der Waals surface area contributed by atoms with Crippen molar-refractivity contribution in [3.8, 4) is 0 Å². The van der Waals surface area contributed by atoms with E-state index in [0.29, 0.717) is 19.3 Å². The molecule has 1 aliphatic rings. The van der Waals surface area contributed by atoms with Gasteiger partial charge < -0.3 is 5.73 Å². The van der Waals surface area contributed by atoms with Crippen molar-refractivity contribution >= 4 is 15.9 Å². The average molecular weight is 247 g/mol. The second-order valence-electron chi connectivity index (χ2n) is 4.48. The van der Waals surface area contributed by atoms with Gasteiger partial charge >= 0.3 is 0 Å². The first-order valence-corrected chi connectivity index (χ1v) is 7.43. The molecule has 0 atom stereocenters. The van der Waals surface area contributed by atoms with Crippen LogP contribution in [0.5, 0.6) is 0 Å². The number of amidine groups is 1. The number of nitrogens with one attached hydrogen (secondary N) is 2. The van der Waals surface area contributed by atoms with Crippen LogP contribution in [0, 0.1) is 5.41 Å². The number of rotatable bonds is 5. The molecular weight excluding hydrogens is 226 g/mol. The van der Waals surface area contributed by atoms with Gasteiger partial charge in [-0.05, 0) is 19.3 Å². The Morgan fingerprint density at radius 2 is 1.94 bits per heavy atom. The Hall–Kier alpha value is -0.620. The zero-order chi connectivity index (χ0) is 12.2. The Kier molecular flexibility index (Phi) is 4.32. The van der Waals surface area contributed by atoms with Crippen LogP contribution in [0.3, 0.4) is 0 Å². The molecule has 0 aliphatic heterocycles. The van der Waals surface area contributed by atoms with E-state index in [1.165, 1.54) is 0 Å². The molecule has 1 aliphatic carbocycles. The standard InChI is InChI=1S/C10H21N3O2S/c1-2-8-16(14,15)13-10(9(11)12)6-4-3-5-7-10/h13H,2-8H2,1H3,(H3,11,12). The summed E-state index contributed by atoms with van der Waals surface area (Å²) in [7, 11) is -3.31. The molecule has 94 valence electrons.